The highest BCUT2D eigenvalue weighted by molar-refractivity contribution is 6.37. The lowest BCUT2D eigenvalue weighted by Gasteiger charge is -2.07. The van der Waals surface area contributed by atoms with Gasteiger partial charge < -0.3 is 9.25 Å². The molecule has 0 radical (unpaired) electrons. The van der Waals surface area contributed by atoms with Crippen molar-refractivity contribution in [3.05, 3.63) is 121 Å². The lowest BCUT2D eigenvalue weighted by Crippen LogP contribution is -2.02. The Bertz CT molecular complexity index is 2810. The highest BCUT2D eigenvalue weighted by Crippen LogP contribution is 2.47. The Morgan fingerprint density at radius 2 is 1.31 bits per heavy atom. The summed E-state index contributed by atoms with van der Waals surface area (Å²) in [6, 6.07) is 36.1. The van der Waals surface area contributed by atoms with Crippen molar-refractivity contribution in [3.8, 4) is 5.95 Å². The van der Waals surface area contributed by atoms with E-state index in [2.05, 4.69) is 110 Å². The van der Waals surface area contributed by atoms with Gasteiger partial charge in [-0.25, -0.2) is 4.98 Å². The number of hydrogen-bond donors (Lipinski definition) is 0. The first-order valence-electron chi connectivity index (χ1n) is 13.8. The van der Waals surface area contributed by atoms with E-state index >= 15 is 0 Å². The van der Waals surface area contributed by atoms with Crippen LogP contribution in [0.4, 0.5) is 5.82 Å². The van der Waals surface area contributed by atoms with Gasteiger partial charge in [-0.05, 0) is 29.7 Å². The topological polar surface area (TPSA) is 52.4 Å². The highest BCUT2D eigenvalue weighted by atomic mass is 15.2. The maximum Gasteiger partial charge on any atom is 0.333 e. The summed E-state index contributed by atoms with van der Waals surface area (Å²) in [5, 5.41) is 10.00. The zero-order valence-corrected chi connectivity index (χ0v) is 22.1. The lowest BCUT2D eigenvalue weighted by molar-refractivity contribution is 1.01. The molecule has 0 bridgehead atoms. The minimum atomic E-state index is 0.297. The van der Waals surface area contributed by atoms with Gasteiger partial charge in [-0.2, -0.15) is 4.98 Å². The molecule has 0 saturated carbocycles. The Balaban J connectivity index is 1.54. The summed E-state index contributed by atoms with van der Waals surface area (Å²) in [5.74, 6) is 0.746. The fourth-order valence-corrected chi connectivity index (χ4v) is 7.10. The Labute approximate surface area is 237 Å². The number of pyridine rings is 1. The molecule has 0 atom stereocenters. The van der Waals surface area contributed by atoms with E-state index in [1.807, 2.05) is 12.1 Å². The maximum absolute atomic E-state index is 7.93. The van der Waals surface area contributed by atoms with Gasteiger partial charge >= 0.3 is 5.95 Å². The zero-order valence-electron chi connectivity index (χ0n) is 22.1. The van der Waals surface area contributed by atoms with E-state index in [-0.39, 0.29) is 0 Å². The van der Waals surface area contributed by atoms with Crippen LogP contribution in [0.2, 0.25) is 0 Å². The summed E-state index contributed by atoms with van der Waals surface area (Å²) in [4.78, 5) is 18.1. The third-order valence-electron chi connectivity index (χ3n) is 8.73. The molecule has 5 heterocycles. The van der Waals surface area contributed by atoms with Crippen molar-refractivity contribution in [2.24, 2.45) is 0 Å². The second-order valence-electron chi connectivity index (χ2n) is 10.8. The van der Waals surface area contributed by atoms with Crippen molar-refractivity contribution in [1.82, 2.24) is 23.9 Å². The van der Waals surface area contributed by atoms with E-state index in [0.717, 1.165) is 32.6 Å². The number of aromatic nitrogens is 5. The van der Waals surface area contributed by atoms with Crippen LogP contribution in [0.15, 0.2) is 109 Å². The number of rotatable bonds is 1. The molecule has 6 heteroatoms. The van der Waals surface area contributed by atoms with E-state index < -0.39 is 0 Å². The molecule has 10 rings (SSSR count). The maximum atomic E-state index is 7.93. The Kier molecular flexibility index (Phi) is 3.91. The van der Waals surface area contributed by atoms with Gasteiger partial charge in [0.25, 0.3) is 5.82 Å². The van der Waals surface area contributed by atoms with Crippen molar-refractivity contribution in [1.29, 1.82) is 0 Å². The van der Waals surface area contributed by atoms with Gasteiger partial charge in [-0.3, -0.25) is 4.57 Å². The highest BCUT2D eigenvalue weighted by Gasteiger charge is 2.26. The normalized spacial score (nSPS) is 12.3. The Hall–Kier alpha value is -6.06. The fraction of sp³-hybridized carbons (Fsp3) is 0. The van der Waals surface area contributed by atoms with Crippen LogP contribution in [-0.4, -0.2) is 23.9 Å². The smallest absolute Gasteiger partial charge is 0.333 e. The van der Waals surface area contributed by atoms with E-state index in [1.54, 1.807) is 6.20 Å². The van der Waals surface area contributed by atoms with Gasteiger partial charge in [0, 0.05) is 49.3 Å². The molecular weight excluding hydrogens is 516 g/mol. The van der Waals surface area contributed by atoms with Gasteiger partial charge in [0.05, 0.1) is 27.6 Å². The molecule has 0 saturated heterocycles. The van der Waals surface area contributed by atoms with Gasteiger partial charge in [0.2, 0.25) is 0 Å². The van der Waals surface area contributed by atoms with Crippen LogP contribution in [0.3, 0.4) is 0 Å². The van der Waals surface area contributed by atoms with E-state index in [0.29, 0.717) is 22.8 Å². The molecule has 0 N–H and O–H groups in total. The summed E-state index contributed by atoms with van der Waals surface area (Å²) in [5.41, 5.74) is 6.15. The second-order valence-corrected chi connectivity index (χ2v) is 10.8. The molecule has 0 fully saturated rings. The molecule has 10 aromatic rings. The first-order valence-corrected chi connectivity index (χ1v) is 13.8. The van der Waals surface area contributed by atoms with Crippen LogP contribution in [0.25, 0.3) is 92.5 Å². The summed E-state index contributed by atoms with van der Waals surface area (Å²) >= 11 is 0. The van der Waals surface area contributed by atoms with Gasteiger partial charge in [-0.1, -0.05) is 90.4 Å². The number of fused-ring (bicyclic) bond motifs is 13. The molecule has 0 aliphatic rings. The third kappa shape index (κ3) is 2.52. The molecule has 42 heavy (non-hydrogen) atoms. The molecular formula is C36H18N6. The summed E-state index contributed by atoms with van der Waals surface area (Å²) < 4.78 is 4.56. The molecule has 192 valence electrons. The van der Waals surface area contributed by atoms with Gasteiger partial charge in [0.15, 0.2) is 5.65 Å². The summed E-state index contributed by atoms with van der Waals surface area (Å²) in [7, 11) is 0. The van der Waals surface area contributed by atoms with Crippen molar-refractivity contribution >= 4 is 87.5 Å². The van der Waals surface area contributed by atoms with E-state index in [1.165, 1.54) is 38.1 Å². The predicted molar refractivity (Wildman–Crippen MR) is 170 cm³/mol. The number of nitrogens with zero attached hydrogens (tertiary/aromatic N) is 6. The van der Waals surface area contributed by atoms with Crippen molar-refractivity contribution in [2.75, 3.05) is 0 Å². The minimum absolute atomic E-state index is 0.297. The standard InChI is InChI=1S/C36H18N6/c1-37-34-25-13-8-18-38-35(25)40-36(39-34)42-29-19-26-22-11-4-6-14-27(22)41-28-15-7-5-12-23(28)31(33(26)41)30(29)24-17-16-20-9-2-3-10-21(20)32(24)42/h2-19H. The Morgan fingerprint density at radius 1 is 0.571 bits per heavy atom. The molecule has 5 aromatic carbocycles. The summed E-state index contributed by atoms with van der Waals surface area (Å²) in [6.45, 7) is 7.93. The van der Waals surface area contributed by atoms with Crippen LogP contribution in [0.5, 0.6) is 0 Å². The van der Waals surface area contributed by atoms with E-state index in [9.17, 15) is 0 Å². The Morgan fingerprint density at radius 3 is 2.17 bits per heavy atom. The molecule has 0 aliphatic heterocycles. The van der Waals surface area contributed by atoms with Gasteiger partial charge in [-0.15, -0.1) is 0 Å². The first kappa shape index (κ1) is 21.7. The first-order chi connectivity index (χ1) is 20.8. The quantitative estimate of drug-likeness (QED) is 0.198. The molecule has 0 amide bonds. The average Bonchev–Trinajstić information content (AvgIpc) is 3.68. The SMILES string of the molecule is [C-]#[N+]c1nc(-n2c3cc4c5ccccc5n5c6ccccc6c(c3c3ccc6ccccc6c32)c45)nc2ncccc12. The van der Waals surface area contributed by atoms with Crippen LogP contribution in [0.1, 0.15) is 0 Å². The van der Waals surface area contributed by atoms with Crippen LogP contribution in [0, 0.1) is 6.57 Å². The fourth-order valence-electron chi connectivity index (χ4n) is 7.10. The van der Waals surface area contributed by atoms with Crippen LogP contribution < -0.4 is 0 Å². The molecule has 0 aliphatic carbocycles. The molecule has 5 aromatic heterocycles. The predicted octanol–water partition coefficient (Wildman–Crippen LogP) is 8.98. The monoisotopic (exact) mass is 534 g/mol. The number of benzene rings is 5. The molecule has 0 spiro atoms. The largest absolute Gasteiger partial charge is 0.360 e. The molecule has 6 nitrogen and oxygen atoms in total. The number of para-hydroxylation sites is 2. The lowest BCUT2D eigenvalue weighted by atomic mass is 10.0. The third-order valence-corrected chi connectivity index (χ3v) is 8.73. The van der Waals surface area contributed by atoms with Crippen LogP contribution >= 0.6 is 0 Å². The minimum Gasteiger partial charge on any atom is -0.360 e. The summed E-state index contributed by atoms with van der Waals surface area (Å²) in [6.07, 6.45) is 1.71. The van der Waals surface area contributed by atoms with Crippen molar-refractivity contribution < 1.29 is 0 Å². The zero-order chi connectivity index (χ0) is 27.5. The molecule has 0 unspecified atom stereocenters. The second kappa shape index (κ2) is 7.57. The van der Waals surface area contributed by atoms with E-state index in [4.69, 9.17) is 16.5 Å². The van der Waals surface area contributed by atoms with Crippen LogP contribution in [-0.2, 0) is 0 Å². The van der Waals surface area contributed by atoms with Crippen molar-refractivity contribution in [3.63, 3.8) is 0 Å². The average molecular weight is 535 g/mol. The number of hydrogen-bond acceptors (Lipinski definition) is 3. The van der Waals surface area contributed by atoms with Gasteiger partial charge in [0.1, 0.15) is 0 Å². The van der Waals surface area contributed by atoms with Crippen molar-refractivity contribution in [2.45, 2.75) is 0 Å².